The predicted molar refractivity (Wildman–Crippen MR) is 99.3 cm³/mol. The van der Waals surface area contributed by atoms with Crippen molar-refractivity contribution >= 4 is 17.8 Å². The number of nitrogens with one attached hydrogen (secondary N) is 3. The lowest BCUT2D eigenvalue weighted by Crippen LogP contribution is -2.42. The van der Waals surface area contributed by atoms with Crippen molar-refractivity contribution in [1.82, 2.24) is 20.9 Å². The Morgan fingerprint density at radius 2 is 1.77 bits per heavy atom. The molecule has 1 aliphatic heterocycles. The predicted octanol–water partition coefficient (Wildman–Crippen LogP) is 1.25. The highest BCUT2D eigenvalue weighted by atomic mass is 16.2. The van der Waals surface area contributed by atoms with E-state index >= 15 is 0 Å². The molecule has 7 heteroatoms. The largest absolute Gasteiger partial charge is 0.356 e. The van der Waals surface area contributed by atoms with E-state index in [1.807, 2.05) is 30.3 Å². The number of carbonyl (C=O) groups is 3. The summed E-state index contributed by atoms with van der Waals surface area (Å²) in [5.74, 6) is 0.248. The van der Waals surface area contributed by atoms with Gasteiger partial charge in [0.1, 0.15) is 0 Å². The fourth-order valence-corrected chi connectivity index (χ4v) is 2.97. The van der Waals surface area contributed by atoms with Crippen LogP contribution in [0.4, 0.5) is 4.79 Å². The standard InChI is InChI=1S/C19H28N4O3/c1-15(24)20-13-17-7-10-23(11-8-17)12-9-18(25)22-19(26)21-14-16-5-3-2-4-6-16/h2-6,17H,7-14H2,1H3,(H,20,24)(H2,21,22,25,26). The average Bonchev–Trinajstić information content (AvgIpc) is 2.64. The Morgan fingerprint density at radius 1 is 1.08 bits per heavy atom. The summed E-state index contributed by atoms with van der Waals surface area (Å²) in [7, 11) is 0. The molecule has 3 N–H and O–H groups in total. The van der Waals surface area contributed by atoms with Gasteiger partial charge in [-0.05, 0) is 37.4 Å². The number of rotatable bonds is 7. The molecular weight excluding hydrogens is 332 g/mol. The second-order valence-corrected chi connectivity index (χ2v) is 6.69. The molecule has 0 unspecified atom stereocenters. The van der Waals surface area contributed by atoms with Gasteiger partial charge in [-0.2, -0.15) is 0 Å². The minimum absolute atomic E-state index is 0.00893. The molecule has 0 saturated carbocycles. The molecule has 0 radical (unpaired) electrons. The van der Waals surface area contributed by atoms with Crippen LogP contribution in [0, 0.1) is 5.92 Å². The molecule has 1 aliphatic rings. The average molecular weight is 360 g/mol. The molecule has 0 bridgehead atoms. The van der Waals surface area contributed by atoms with Gasteiger partial charge in [0.2, 0.25) is 11.8 Å². The van der Waals surface area contributed by atoms with E-state index in [4.69, 9.17) is 0 Å². The minimum atomic E-state index is -0.465. The third-order valence-corrected chi connectivity index (χ3v) is 4.55. The number of amides is 4. The third kappa shape index (κ3) is 7.65. The number of urea groups is 1. The lowest BCUT2D eigenvalue weighted by molar-refractivity contribution is -0.121. The van der Waals surface area contributed by atoms with Gasteiger partial charge >= 0.3 is 6.03 Å². The van der Waals surface area contributed by atoms with Crippen LogP contribution in [-0.4, -0.2) is 48.9 Å². The number of likely N-dealkylation sites (tertiary alicyclic amines) is 1. The van der Waals surface area contributed by atoms with Gasteiger partial charge in [-0.15, -0.1) is 0 Å². The smallest absolute Gasteiger partial charge is 0.321 e. The molecule has 1 saturated heterocycles. The molecule has 1 aromatic rings. The highest BCUT2D eigenvalue weighted by Gasteiger charge is 2.20. The number of carbonyl (C=O) groups excluding carboxylic acids is 3. The summed E-state index contributed by atoms with van der Waals surface area (Å²) in [6.07, 6.45) is 2.33. The highest BCUT2D eigenvalue weighted by molar-refractivity contribution is 5.94. The number of hydrogen-bond acceptors (Lipinski definition) is 4. The van der Waals surface area contributed by atoms with Crippen LogP contribution >= 0.6 is 0 Å². The molecule has 0 atom stereocenters. The van der Waals surface area contributed by atoms with Gasteiger partial charge in [0, 0.05) is 33.0 Å². The molecule has 1 fully saturated rings. The molecule has 0 aliphatic carbocycles. The van der Waals surface area contributed by atoms with Gasteiger partial charge < -0.3 is 15.5 Å². The van der Waals surface area contributed by atoms with Crippen molar-refractivity contribution in [1.29, 1.82) is 0 Å². The van der Waals surface area contributed by atoms with Crippen LogP contribution in [0.5, 0.6) is 0 Å². The maximum Gasteiger partial charge on any atom is 0.321 e. The first kappa shape index (κ1) is 19.9. The van der Waals surface area contributed by atoms with Crippen LogP contribution in [0.2, 0.25) is 0 Å². The zero-order valence-corrected chi connectivity index (χ0v) is 15.3. The molecule has 7 nitrogen and oxygen atoms in total. The van der Waals surface area contributed by atoms with E-state index in [1.165, 1.54) is 6.92 Å². The SMILES string of the molecule is CC(=O)NCC1CCN(CCC(=O)NC(=O)NCc2ccccc2)CC1. The summed E-state index contributed by atoms with van der Waals surface area (Å²) in [4.78, 5) is 36.8. The topological polar surface area (TPSA) is 90.5 Å². The fraction of sp³-hybridized carbons (Fsp3) is 0.526. The van der Waals surface area contributed by atoms with Gasteiger partial charge in [0.05, 0.1) is 0 Å². The van der Waals surface area contributed by atoms with Crippen LogP contribution < -0.4 is 16.0 Å². The Bertz CT molecular complexity index is 598. The zero-order chi connectivity index (χ0) is 18.8. The van der Waals surface area contributed by atoms with Gasteiger partial charge in [-0.1, -0.05) is 30.3 Å². The number of benzene rings is 1. The Hall–Kier alpha value is -2.41. The summed E-state index contributed by atoms with van der Waals surface area (Å²) in [5, 5.41) is 7.91. The Labute approximate surface area is 154 Å². The molecule has 0 spiro atoms. The Balaban J connectivity index is 1.57. The van der Waals surface area contributed by atoms with Crippen LogP contribution in [-0.2, 0) is 16.1 Å². The maximum atomic E-state index is 11.9. The zero-order valence-electron chi connectivity index (χ0n) is 15.3. The normalized spacial score (nSPS) is 15.3. The summed E-state index contributed by atoms with van der Waals surface area (Å²) < 4.78 is 0. The first-order valence-corrected chi connectivity index (χ1v) is 9.11. The van der Waals surface area contributed by atoms with Crippen LogP contribution in [0.1, 0.15) is 31.7 Å². The molecule has 142 valence electrons. The van der Waals surface area contributed by atoms with Gasteiger partial charge in [0.15, 0.2) is 0 Å². The van der Waals surface area contributed by atoms with E-state index in [0.717, 1.165) is 38.0 Å². The maximum absolute atomic E-state index is 11.9. The van der Waals surface area contributed by atoms with E-state index in [9.17, 15) is 14.4 Å². The van der Waals surface area contributed by atoms with Gasteiger partial charge in [-0.3, -0.25) is 14.9 Å². The fourth-order valence-electron chi connectivity index (χ4n) is 2.97. The van der Waals surface area contributed by atoms with E-state index < -0.39 is 6.03 Å². The highest BCUT2D eigenvalue weighted by Crippen LogP contribution is 2.16. The van der Waals surface area contributed by atoms with Gasteiger partial charge in [0.25, 0.3) is 0 Å². The van der Waals surface area contributed by atoms with Crippen molar-refractivity contribution in [3.05, 3.63) is 35.9 Å². The third-order valence-electron chi connectivity index (χ3n) is 4.55. The molecule has 1 heterocycles. The molecule has 26 heavy (non-hydrogen) atoms. The van der Waals surface area contributed by atoms with Crippen molar-refractivity contribution in [2.45, 2.75) is 32.7 Å². The van der Waals surface area contributed by atoms with E-state index in [1.54, 1.807) is 0 Å². The quantitative estimate of drug-likeness (QED) is 0.683. The summed E-state index contributed by atoms with van der Waals surface area (Å²) in [6, 6.07) is 9.08. The second-order valence-electron chi connectivity index (χ2n) is 6.69. The van der Waals surface area contributed by atoms with Crippen LogP contribution in [0.15, 0.2) is 30.3 Å². The number of piperidine rings is 1. The first-order valence-electron chi connectivity index (χ1n) is 9.11. The molecule has 4 amide bonds. The number of imide groups is 1. The Kier molecular flexibility index (Phi) is 8.08. The molecular formula is C19H28N4O3. The monoisotopic (exact) mass is 360 g/mol. The minimum Gasteiger partial charge on any atom is -0.356 e. The summed E-state index contributed by atoms with van der Waals surface area (Å²) >= 11 is 0. The second kappa shape index (κ2) is 10.6. The van der Waals surface area contributed by atoms with Crippen molar-refractivity contribution in [3.63, 3.8) is 0 Å². The van der Waals surface area contributed by atoms with Crippen molar-refractivity contribution in [2.75, 3.05) is 26.2 Å². The van der Waals surface area contributed by atoms with Crippen LogP contribution in [0.25, 0.3) is 0 Å². The number of nitrogens with zero attached hydrogens (tertiary/aromatic N) is 1. The van der Waals surface area contributed by atoms with Crippen molar-refractivity contribution in [3.8, 4) is 0 Å². The Morgan fingerprint density at radius 3 is 2.42 bits per heavy atom. The molecule has 2 rings (SSSR count). The van der Waals surface area contributed by atoms with Gasteiger partial charge in [-0.25, -0.2) is 4.79 Å². The number of hydrogen-bond donors (Lipinski definition) is 3. The van der Waals surface area contributed by atoms with E-state index in [-0.39, 0.29) is 11.8 Å². The van der Waals surface area contributed by atoms with E-state index in [0.29, 0.717) is 25.4 Å². The lowest BCUT2D eigenvalue weighted by Gasteiger charge is -2.31. The lowest BCUT2D eigenvalue weighted by atomic mass is 9.96. The van der Waals surface area contributed by atoms with Crippen LogP contribution in [0.3, 0.4) is 0 Å². The first-order chi connectivity index (χ1) is 12.5. The molecule has 0 aromatic heterocycles. The summed E-state index contributed by atoms with van der Waals surface area (Å²) in [5.41, 5.74) is 0.984. The summed E-state index contributed by atoms with van der Waals surface area (Å²) in [6.45, 7) is 5.12. The van der Waals surface area contributed by atoms with Crippen molar-refractivity contribution in [2.24, 2.45) is 5.92 Å². The van der Waals surface area contributed by atoms with E-state index in [2.05, 4.69) is 20.9 Å². The molecule has 1 aromatic carbocycles. The van der Waals surface area contributed by atoms with Crippen molar-refractivity contribution < 1.29 is 14.4 Å².